The first-order valence-corrected chi connectivity index (χ1v) is 12.7. The van der Waals surface area contributed by atoms with Gasteiger partial charge in [0.2, 0.25) is 0 Å². The van der Waals surface area contributed by atoms with E-state index in [1.807, 2.05) is 28.8 Å². The van der Waals surface area contributed by atoms with Gasteiger partial charge in [-0.2, -0.15) is 0 Å². The molecule has 3 atom stereocenters. The minimum absolute atomic E-state index is 0.0128. The number of fused-ring (bicyclic) bond motifs is 3. The number of aromatic nitrogens is 2. The summed E-state index contributed by atoms with van der Waals surface area (Å²) in [5, 5.41) is 2.59. The van der Waals surface area contributed by atoms with Crippen molar-refractivity contribution in [3.8, 4) is 0 Å². The zero-order valence-electron chi connectivity index (χ0n) is 19.3. The molecule has 172 valence electrons. The van der Waals surface area contributed by atoms with Crippen LogP contribution in [-0.4, -0.2) is 45.5 Å². The fourth-order valence-electron chi connectivity index (χ4n) is 6.71. The molecule has 2 aromatic rings. The van der Waals surface area contributed by atoms with Crippen molar-refractivity contribution in [2.75, 3.05) is 7.05 Å². The second kappa shape index (κ2) is 9.34. The predicted molar refractivity (Wildman–Crippen MR) is 127 cm³/mol. The molecule has 5 rings (SSSR count). The lowest BCUT2D eigenvalue weighted by atomic mass is 9.79. The number of nitrogens with zero attached hydrogens (tertiary/aromatic N) is 3. The molecule has 6 heteroatoms. The lowest BCUT2D eigenvalue weighted by Crippen LogP contribution is -2.57. The quantitative estimate of drug-likeness (QED) is 0.773. The summed E-state index contributed by atoms with van der Waals surface area (Å²) in [4.78, 5) is 33.2. The first-order valence-electron chi connectivity index (χ1n) is 12.7. The van der Waals surface area contributed by atoms with Crippen LogP contribution in [0.15, 0.2) is 29.1 Å². The van der Waals surface area contributed by atoms with Crippen LogP contribution in [0.4, 0.5) is 0 Å². The van der Waals surface area contributed by atoms with Gasteiger partial charge in [0.1, 0.15) is 0 Å². The van der Waals surface area contributed by atoms with Crippen molar-refractivity contribution < 1.29 is 4.79 Å². The molecular formula is C26H36N4O2. The van der Waals surface area contributed by atoms with E-state index in [0.717, 1.165) is 23.9 Å². The Balaban J connectivity index is 1.50. The highest BCUT2D eigenvalue weighted by Gasteiger charge is 2.42. The first kappa shape index (κ1) is 21.6. The highest BCUT2D eigenvalue weighted by molar-refractivity contribution is 5.93. The van der Waals surface area contributed by atoms with Crippen molar-refractivity contribution in [2.24, 2.45) is 0 Å². The van der Waals surface area contributed by atoms with E-state index in [9.17, 15) is 9.59 Å². The van der Waals surface area contributed by atoms with Gasteiger partial charge in [-0.25, -0.2) is 4.98 Å². The Morgan fingerprint density at radius 2 is 1.50 bits per heavy atom. The maximum Gasteiger partial charge on any atom is 0.282 e. The van der Waals surface area contributed by atoms with Gasteiger partial charge in [0.15, 0.2) is 5.69 Å². The maximum absolute atomic E-state index is 13.5. The second-order valence-corrected chi connectivity index (χ2v) is 10.0. The largest absolute Gasteiger partial charge is 0.354 e. The monoisotopic (exact) mass is 436 g/mol. The number of carbonyl (C=O) groups is 1. The molecule has 1 saturated carbocycles. The fourth-order valence-corrected chi connectivity index (χ4v) is 6.71. The summed E-state index contributed by atoms with van der Waals surface area (Å²) in [6, 6.07) is 9.68. The van der Waals surface area contributed by atoms with E-state index in [1.54, 1.807) is 7.05 Å². The van der Waals surface area contributed by atoms with Gasteiger partial charge in [0.05, 0.1) is 11.0 Å². The summed E-state index contributed by atoms with van der Waals surface area (Å²) < 4.78 is 1.91. The molecule has 1 amide bonds. The van der Waals surface area contributed by atoms with E-state index < -0.39 is 5.91 Å². The van der Waals surface area contributed by atoms with Crippen LogP contribution in [0.5, 0.6) is 0 Å². The van der Waals surface area contributed by atoms with Crippen molar-refractivity contribution in [3.05, 3.63) is 40.3 Å². The summed E-state index contributed by atoms with van der Waals surface area (Å²) >= 11 is 0. The molecule has 1 aliphatic carbocycles. The van der Waals surface area contributed by atoms with Crippen molar-refractivity contribution in [3.63, 3.8) is 0 Å². The Morgan fingerprint density at radius 1 is 0.875 bits per heavy atom. The summed E-state index contributed by atoms with van der Waals surface area (Å²) in [6.07, 6.45) is 15.3. The van der Waals surface area contributed by atoms with Crippen molar-refractivity contribution in [1.29, 1.82) is 0 Å². The molecule has 0 spiro atoms. The molecule has 1 aromatic carbocycles. The molecular weight excluding hydrogens is 400 g/mol. The van der Waals surface area contributed by atoms with E-state index in [4.69, 9.17) is 0 Å². The summed E-state index contributed by atoms with van der Waals surface area (Å²) in [6.45, 7) is 0. The fraction of sp³-hybridized carbons (Fsp3) is 0.654. The average Bonchev–Trinajstić information content (AvgIpc) is 2.77. The zero-order chi connectivity index (χ0) is 22.1. The third-order valence-corrected chi connectivity index (χ3v) is 8.10. The van der Waals surface area contributed by atoms with Crippen LogP contribution in [0.25, 0.3) is 11.0 Å². The lowest BCUT2D eigenvalue weighted by molar-refractivity contribution is -0.0247. The molecule has 3 heterocycles. The Bertz CT molecular complexity index is 1010. The predicted octanol–water partition coefficient (Wildman–Crippen LogP) is 4.43. The van der Waals surface area contributed by atoms with Crippen LogP contribution in [-0.2, 0) is 0 Å². The summed E-state index contributed by atoms with van der Waals surface area (Å²) in [5.41, 5.74) is 1.34. The van der Waals surface area contributed by atoms with Crippen molar-refractivity contribution in [1.82, 2.24) is 19.8 Å². The van der Waals surface area contributed by atoms with Gasteiger partial charge in [-0.1, -0.05) is 50.7 Å². The smallest absolute Gasteiger partial charge is 0.282 e. The van der Waals surface area contributed by atoms with Gasteiger partial charge in [0, 0.05) is 31.2 Å². The number of carbonyl (C=O) groups excluding carboxylic acids is 1. The molecule has 1 N–H and O–H groups in total. The van der Waals surface area contributed by atoms with Crippen molar-refractivity contribution >= 4 is 16.9 Å². The van der Waals surface area contributed by atoms with Gasteiger partial charge < -0.3 is 9.88 Å². The normalized spacial score (nSPS) is 27.6. The molecule has 3 fully saturated rings. The Morgan fingerprint density at radius 3 is 2.19 bits per heavy atom. The Kier molecular flexibility index (Phi) is 6.31. The third-order valence-electron chi connectivity index (χ3n) is 8.10. The van der Waals surface area contributed by atoms with Crippen LogP contribution < -0.4 is 10.9 Å². The standard InChI is InChI=1S/C26H36N4O2/c1-27-25(31)24-26(32)30(23-15-8-7-14-22(23)28-24)21-16-19-12-9-13-20(17-21)29(19)18-10-5-3-2-4-6-11-18/h7-8,14-15,18-21H,2-6,9-13,16-17H2,1H3,(H,27,31)/t19-,20+,21+. The SMILES string of the molecule is CNC(=O)c1nc2ccccc2n([C@H]2C[C@H]3CCC[C@@H](C2)N3C2CCCCCCC2)c1=O. The number of hydrogen-bond donors (Lipinski definition) is 1. The lowest BCUT2D eigenvalue weighted by Gasteiger charge is -2.53. The zero-order valence-corrected chi connectivity index (χ0v) is 19.3. The second-order valence-electron chi connectivity index (χ2n) is 10.0. The number of piperidine rings is 2. The molecule has 2 bridgehead atoms. The van der Waals surface area contributed by atoms with E-state index in [-0.39, 0.29) is 17.3 Å². The topological polar surface area (TPSA) is 67.2 Å². The molecule has 2 aliphatic heterocycles. The van der Waals surface area contributed by atoms with E-state index in [1.165, 1.54) is 64.2 Å². The Hall–Kier alpha value is -2.21. The number of benzene rings is 1. The van der Waals surface area contributed by atoms with Crippen LogP contribution in [0.1, 0.15) is 93.6 Å². The number of para-hydroxylation sites is 2. The molecule has 2 saturated heterocycles. The minimum atomic E-state index is -0.401. The van der Waals surface area contributed by atoms with E-state index in [0.29, 0.717) is 18.1 Å². The van der Waals surface area contributed by atoms with Gasteiger partial charge in [0.25, 0.3) is 11.5 Å². The van der Waals surface area contributed by atoms with Crippen molar-refractivity contribution in [2.45, 2.75) is 101 Å². The van der Waals surface area contributed by atoms with Gasteiger partial charge in [-0.3, -0.25) is 14.5 Å². The minimum Gasteiger partial charge on any atom is -0.354 e. The van der Waals surface area contributed by atoms with Crippen LogP contribution in [0, 0.1) is 0 Å². The summed E-state index contributed by atoms with van der Waals surface area (Å²) in [5.74, 6) is -0.401. The van der Waals surface area contributed by atoms with E-state index in [2.05, 4.69) is 15.2 Å². The highest BCUT2D eigenvalue weighted by atomic mass is 16.2. The van der Waals surface area contributed by atoms with Crippen LogP contribution in [0.3, 0.4) is 0 Å². The number of nitrogens with one attached hydrogen (secondary N) is 1. The summed E-state index contributed by atoms with van der Waals surface area (Å²) in [7, 11) is 1.56. The number of amides is 1. The molecule has 0 unspecified atom stereocenters. The van der Waals surface area contributed by atoms with Gasteiger partial charge >= 0.3 is 0 Å². The first-order chi connectivity index (χ1) is 15.7. The highest BCUT2D eigenvalue weighted by Crippen LogP contribution is 2.42. The Labute approximate surface area is 190 Å². The average molecular weight is 437 g/mol. The number of hydrogen-bond acceptors (Lipinski definition) is 4. The molecule has 32 heavy (non-hydrogen) atoms. The maximum atomic E-state index is 13.5. The van der Waals surface area contributed by atoms with Gasteiger partial charge in [-0.15, -0.1) is 0 Å². The molecule has 1 aromatic heterocycles. The van der Waals surface area contributed by atoms with E-state index >= 15 is 0 Å². The van der Waals surface area contributed by atoms with Crippen LogP contribution >= 0.6 is 0 Å². The van der Waals surface area contributed by atoms with Gasteiger partial charge in [-0.05, 0) is 50.7 Å². The number of rotatable bonds is 3. The third kappa shape index (κ3) is 3.98. The molecule has 0 radical (unpaired) electrons. The molecule has 6 nitrogen and oxygen atoms in total. The molecule has 3 aliphatic rings. The van der Waals surface area contributed by atoms with Crippen LogP contribution in [0.2, 0.25) is 0 Å².